The van der Waals surface area contributed by atoms with Crippen LogP contribution in [0.5, 0.6) is 0 Å². The zero-order valence-corrected chi connectivity index (χ0v) is 22.1. The summed E-state index contributed by atoms with van der Waals surface area (Å²) < 4.78 is 0. The van der Waals surface area contributed by atoms with Crippen LogP contribution in [0, 0.1) is 23.7 Å². The van der Waals surface area contributed by atoms with Crippen LogP contribution in [-0.2, 0) is 19.2 Å². The molecule has 1 aliphatic heterocycles. The highest BCUT2D eigenvalue weighted by Gasteiger charge is 2.44. The molecule has 0 radical (unpaired) electrons. The van der Waals surface area contributed by atoms with E-state index in [2.05, 4.69) is 10.6 Å². The summed E-state index contributed by atoms with van der Waals surface area (Å²) >= 11 is 0. The highest BCUT2D eigenvalue weighted by Crippen LogP contribution is 2.40. The molecule has 1 aromatic carbocycles. The predicted molar refractivity (Wildman–Crippen MR) is 142 cm³/mol. The minimum absolute atomic E-state index is 0.141. The number of rotatable bonds is 10. The van der Waals surface area contributed by atoms with Crippen molar-refractivity contribution < 1.29 is 19.2 Å². The molecule has 4 aliphatic rings. The fraction of sp³-hybridized carbons (Fsp3) is 0.655. The maximum absolute atomic E-state index is 13.9. The van der Waals surface area contributed by atoms with E-state index in [-0.39, 0.29) is 11.8 Å². The summed E-state index contributed by atoms with van der Waals surface area (Å²) in [5.41, 5.74) is 1.46. The first kappa shape index (κ1) is 25.7. The minimum atomic E-state index is -1.31. The number of benzene rings is 1. The van der Waals surface area contributed by atoms with E-state index in [9.17, 15) is 19.2 Å². The Kier molecular flexibility index (Phi) is 7.54. The van der Waals surface area contributed by atoms with Gasteiger partial charge in [0.15, 0.2) is 6.04 Å². The van der Waals surface area contributed by atoms with E-state index in [0.29, 0.717) is 37.3 Å². The average Bonchev–Trinajstić information content (AvgIpc) is 3.81. The van der Waals surface area contributed by atoms with Crippen molar-refractivity contribution in [3.63, 3.8) is 0 Å². The molecular weight excluding hydrogens is 468 g/mol. The van der Waals surface area contributed by atoms with Crippen LogP contribution in [0.25, 0.3) is 0 Å². The van der Waals surface area contributed by atoms with Crippen molar-refractivity contribution >= 4 is 35.0 Å². The van der Waals surface area contributed by atoms with Gasteiger partial charge in [-0.25, -0.2) is 0 Å². The molecule has 200 valence electrons. The number of anilines is 2. The Morgan fingerprint density at radius 1 is 0.838 bits per heavy atom. The lowest BCUT2D eigenvalue weighted by Gasteiger charge is -2.28. The van der Waals surface area contributed by atoms with Gasteiger partial charge in [-0.1, -0.05) is 38.8 Å². The molecule has 0 saturated heterocycles. The molecule has 37 heavy (non-hydrogen) atoms. The van der Waals surface area contributed by atoms with Crippen molar-refractivity contribution in [2.75, 3.05) is 22.9 Å². The van der Waals surface area contributed by atoms with E-state index in [1.54, 1.807) is 9.80 Å². The van der Waals surface area contributed by atoms with E-state index in [0.717, 1.165) is 62.7 Å². The van der Waals surface area contributed by atoms with Gasteiger partial charge < -0.3 is 20.4 Å². The smallest absolute Gasteiger partial charge is 0.259 e. The zero-order chi connectivity index (χ0) is 26.1. The molecule has 8 nitrogen and oxygen atoms in total. The first-order valence-corrected chi connectivity index (χ1v) is 14.1. The molecule has 4 amide bonds. The third kappa shape index (κ3) is 5.99. The van der Waals surface area contributed by atoms with Crippen LogP contribution in [-0.4, -0.2) is 48.8 Å². The largest absolute Gasteiger partial charge is 0.344 e. The molecule has 0 bridgehead atoms. The summed E-state index contributed by atoms with van der Waals surface area (Å²) in [7, 11) is 0. The number of carbonyl (C=O) groups is 4. The molecular formula is C29H40N4O4. The third-order valence-electron chi connectivity index (χ3n) is 8.27. The Morgan fingerprint density at radius 2 is 1.35 bits per heavy atom. The molecule has 5 rings (SSSR count). The summed E-state index contributed by atoms with van der Waals surface area (Å²) in [5, 5.41) is 5.69. The molecule has 1 atom stereocenters. The average molecular weight is 509 g/mol. The van der Waals surface area contributed by atoms with E-state index >= 15 is 0 Å². The fourth-order valence-electron chi connectivity index (χ4n) is 5.67. The number of nitrogens with zero attached hydrogens (tertiary/aromatic N) is 2. The van der Waals surface area contributed by atoms with Gasteiger partial charge in [0.05, 0.1) is 11.4 Å². The molecule has 8 heteroatoms. The van der Waals surface area contributed by atoms with E-state index in [1.165, 1.54) is 0 Å². The minimum Gasteiger partial charge on any atom is -0.344 e. The van der Waals surface area contributed by atoms with Gasteiger partial charge >= 0.3 is 0 Å². The summed E-state index contributed by atoms with van der Waals surface area (Å²) in [6, 6.07) is 5.44. The summed E-state index contributed by atoms with van der Waals surface area (Å²) in [4.78, 5) is 57.5. The molecule has 1 aromatic rings. The van der Waals surface area contributed by atoms with Gasteiger partial charge in [0.2, 0.25) is 11.8 Å². The maximum atomic E-state index is 13.9. The summed E-state index contributed by atoms with van der Waals surface area (Å²) in [6.07, 6.45) is 9.05. The van der Waals surface area contributed by atoms with Gasteiger partial charge in [-0.2, -0.15) is 0 Å². The van der Waals surface area contributed by atoms with Crippen LogP contribution in [0.15, 0.2) is 24.3 Å². The number of carbonyl (C=O) groups excluding carboxylic acids is 4. The van der Waals surface area contributed by atoms with Gasteiger partial charge in [0, 0.05) is 19.5 Å². The molecule has 0 aromatic heterocycles. The van der Waals surface area contributed by atoms with Crippen molar-refractivity contribution in [3.8, 4) is 0 Å². The molecule has 1 heterocycles. The highest BCUT2D eigenvalue weighted by atomic mass is 16.2. The first-order chi connectivity index (χ1) is 17.8. The van der Waals surface area contributed by atoms with Gasteiger partial charge in [-0.3, -0.25) is 19.2 Å². The van der Waals surface area contributed by atoms with Crippen molar-refractivity contribution in [3.05, 3.63) is 24.3 Å². The van der Waals surface area contributed by atoms with Crippen LogP contribution >= 0.6 is 0 Å². The summed E-state index contributed by atoms with van der Waals surface area (Å²) in [6.45, 7) is 4.81. The van der Waals surface area contributed by atoms with Gasteiger partial charge in [0.1, 0.15) is 6.04 Å². The van der Waals surface area contributed by atoms with E-state index in [1.807, 2.05) is 38.1 Å². The Morgan fingerprint density at radius 3 is 1.81 bits per heavy atom. The molecule has 3 saturated carbocycles. The number of para-hydroxylation sites is 2. The van der Waals surface area contributed by atoms with Gasteiger partial charge in [0.25, 0.3) is 11.8 Å². The number of nitrogens with one attached hydrogen (secondary N) is 2. The van der Waals surface area contributed by atoms with E-state index in [4.69, 9.17) is 0 Å². The van der Waals surface area contributed by atoms with Crippen LogP contribution in [0.2, 0.25) is 0 Å². The zero-order valence-electron chi connectivity index (χ0n) is 22.1. The normalized spacial score (nSPS) is 21.7. The summed E-state index contributed by atoms with van der Waals surface area (Å²) in [5.74, 6) is -0.403. The second kappa shape index (κ2) is 10.8. The Labute approximate surface area is 219 Å². The molecule has 3 fully saturated rings. The lowest BCUT2D eigenvalue weighted by atomic mass is 10.00. The Bertz CT molecular complexity index is 989. The topological polar surface area (TPSA) is 98.8 Å². The van der Waals surface area contributed by atoms with Crippen LogP contribution in [0.3, 0.4) is 0 Å². The quantitative estimate of drug-likeness (QED) is 0.473. The predicted octanol–water partition coefficient (Wildman–Crippen LogP) is 3.39. The third-order valence-corrected chi connectivity index (χ3v) is 8.27. The monoisotopic (exact) mass is 508 g/mol. The van der Waals surface area contributed by atoms with E-state index < -0.39 is 29.8 Å². The van der Waals surface area contributed by atoms with Crippen molar-refractivity contribution in [2.24, 2.45) is 23.7 Å². The molecule has 0 spiro atoms. The van der Waals surface area contributed by atoms with Gasteiger partial charge in [-0.15, -0.1) is 0 Å². The van der Waals surface area contributed by atoms with Gasteiger partial charge in [-0.05, 0) is 74.3 Å². The first-order valence-electron chi connectivity index (χ1n) is 14.1. The number of amides is 4. The van der Waals surface area contributed by atoms with Crippen molar-refractivity contribution in [2.45, 2.75) is 83.7 Å². The van der Waals surface area contributed by atoms with Crippen molar-refractivity contribution in [1.29, 1.82) is 0 Å². The van der Waals surface area contributed by atoms with Crippen LogP contribution < -0.4 is 20.4 Å². The Hall–Kier alpha value is -2.90. The second-order valence-corrected chi connectivity index (χ2v) is 11.9. The standard InChI is InChI=1S/C29H40N4O4/c1-18(2)25(30-24(34)15-19-7-3-4-8-19)27(35)31-26-28(36)32(16-20-11-12-20)22-9-5-6-10-23(22)33(29(26)37)17-21-13-14-21/h5-6,9-10,18-21,25-26H,3-4,7-8,11-17H2,1-2H3,(H,30,34)(H,31,35)/t25-/m0/s1. The SMILES string of the molecule is CC(C)[C@H](NC(=O)CC1CCCC1)C(=O)NC1C(=O)N(CC2CC2)c2ccccc2N(CC2CC2)C1=O. The number of fused-ring (bicyclic) bond motifs is 1. The highest BCUT2D eigenvalue weighted by molar-refractivity contribution is 6.21. The number of hydrogen-bond donors (Lipinski definition) is 2. The molecule has 3 aliphatic carbocycles. The maximum Gasteiger partial charge on any atom is 0.259 e. The lowest BCUT2D eigenvalue weighted by molar-refractivity contribution is -0.136. The second-order valence-electron chi connectivity index (χ2n) is 11.9. The molecule has 2 N–H and O–H groups in total. The number of hydrogen-bond acceptors (Lipinski definition) is 4. The lowest BCUT2D eigenvalue weighted by Crippen LogP contribution is -2.60. The Balaban J connectivity index is 1.37. The van der Waals surface area contributed by atoms with Crippen LogP contribution in [0.1, 0.15) is 71.6 Å². The van der Waals surface area contributed by atoms with Crippen LogP contribution in [0.4, 0.5) is 11.4 Å². The molecule has 0 unspecified atom stereocenters. The fourth-order valence-corrected chi connectivity index (χ4v) is 5.67. The van der Waals surface area contributed by atoms with Crippen molar-refractivity contribution in [1.82, 2.24) is 10.6 Å².